The quantitative estimate of drug-likeness (QED) is 0.441. The van der Waals surface area contributed by atoms with E-state index < -0.39 is 6.10 Å². The van der Waals surface area contributed by atoms with Crippen LogP contribution in [0.1, 0.15) is 6.42 Å². The Kier molecular flexibility index (Phi) is 1.08. The van der Waals surface area contributed by atoms with Crippen molar-refractivity contribution < 1.29 is 9.90 Å². The second-order valence-corrected chi connectivity index (χ2v) is 2.80. The molecule has 1 fully saturated rings. The van der Waals surface area contributed by atoms with E-state index >= 15 is 0 Å². The lowest BCUT2D eigenvalue weighted by molar-refractivity contribution is -0.123. The highest BCUT2D eigenvalue weighted by molar-refractivity contribution is 5.83. The van der Waals surface area contributed by atoms with Gasteiger partial charge in [-0.1, -0.05) is 12.2 Å². The number of nitrogens with one attached hydrogen (secondary N) is 1. The van der Waals surface area contributed by atoms with Crippen molar-refractivity contribution in [2.75, 3.05) is 0 Å². The van der Waals surface area contributed by atoms with Crippen LogP contribution in [0.4, 0.5) is 0 Å². The zero-order valence-electron chi connectivity index (χ0n) is 5.45. The molecule has 0 radical (unpaired) electrons. The minimum atomic E-state index is -0.488. The van der Waals surface area contributed by atoms with Gasteiger partial charge in [0, 0.05) is 0 Å². The number of carbonyl (C=O) groups is 1. The van der Waals surface area contributed by atoms with Crippen molar-refractivity contribution in [3.8, 4) is 0 Å². The monoisotopic (exact) mass is 139 g/mol. The highest BCUT2D eigenvalue weighted by Gasteiger charge is 2.40. The van der Waals surface area contributed by atoms with Gasteiger partial charge in [-0.3, -0.25) is 4.79 Å². The molecule has 3 atom stereocenters. The van der Waals surface area contributed by atoms with Crippen molar-refractivity contribution in [3.05, 3.63) is 12.2 Å². The summed E-state index contributed by atoms with van der Waals surface area (Å²) in [5.41, 5.74) is 0. The van der Waals surface area contributed by atoms with Gasteiger partial charge in [0.15, 0.2) is 0 Å². The molecule has 2 bridgehead atoms. The normalized spacial score (nSPS) is 43.7. The van der Waals surface area contributed by atoms with Crippen LogP contribution < -0.4 is 5.32 Å². The van der Waals surface area contributed by atoms with Gasteiger partial charge in [-0.2, -0.15) is 0 Å². The van der Waals surface area contributed by atoms with E-state index in [-0.39, 0.29) is 17.9 Å². The molecule has 10 heavy (non-hydrogen) atoms. The van der Waals surface area contributed by atoms with Gasteiger partial charge in [0.05, 0.1) is 18.1 Å². The molecule has 1 heterocycles. The van der Waals surface area contributed by atoms with Gasteiger partial charge >= 0.3 is 0 Å². The summed E-state index contributed by atoms with van der Waals surface area (Å²) in [6.45, 7) is 0. The van der Waals surface area contributed by atoms with Crippen LogP contribution in [0.3, 0.4) is 0 Å². The summed E-state index contributed by atoms with van der Waals surface area (Å²) in [5, 5.41) is 12.0. The van der Waals surface area contributed by atoms with Gasteiger partial charge < -0.3 is 10.4 Å². The Bertz CT molecular complexity index is 200. The molecule has 1 unspecified atom stereocenters. The molecule has 2 N–H and O–H groups in total. The third-order valence-corrected chi connectivity index (χ3v) is 2.16. The SMILES string of the molecule is O=C1N[C@@H]2C=CC[C@H]1C2O. The zero-order chi connectivity index (χ0) is 7.14. The lowest BCUT2D eigenvalue weighted by Gasteiger charge is -2.16. The van der Waals surface area contributed by atoms with E-state index in [1.807, 2.05) is 12.2 Å². The number of aliphatic hydroxyl groups is 1. The predicted octanol–water partition coefficient (Wildman–Crippen LogP) is -0.578. The van der Waals surface area contributed by atoms with E-state index in [1.165, 1.54) is 0 Å². The van der Waals surface area contributed by atoms with Crippen molar-refractivity contribution in [1.29, 1.82) is 0 Å². The molecule has 0 spiro atoms. The van der Waals surface area contributed by atoms with E-state index in [0.717, 1.165) is 0 Å². The first-order chi connectivity index (χ1) is 4.79. The molecule has 54 valence electrons. The van der Waals surface area contributed by atoms with Gasteiger partial charge in [0.2, 0.25) is 5.91 Å². The number of hydrogen-bond acceptors (Lipinski definition) is 2. The first-order valence-electron chi connectivity index (χ1n) is 3.44. The minimum Gasteiger partial charge on any atom is -0.390 e. The number of fused-ring (bicyclic) bond motifs is 2. The molecule has 0 aromatic rings. The van der Waals surface area contributed by atoms with Gasteiger partial charge in [-0.25, -0.2) is 0 Å². The molecule has 0 saturated carbocycles. The first-order valence-corrected chi connectivity index (χ1v) is 3.44. The zero-order valence-corrected chi connectivity index (χ0v) is 5.45. The summed E-state index contributed by atoms with van der Waals surface area (Å²) in [6.07, 6.45) is 3.99. The molecule has 0 aromatic carbocycles. The Labute approximate surface area is 58.7 Å². The maximum absolute atomic E-state index is 11.0. The van der Waals surface area contributed by atoms with Crippen LogP contribution in [0.2, 0.25) is 0 Å². The summed E-state index contributed by atoms with van der Waals surface area (Å²) >= 11 is 0. The Hall–Kier alpha value is -0.830. The van der Waals surface area contributed by atoms with Crippen LogP contribution >= 0.6 is 0 Å². The van der Waals surface area contributed by atoms with E-state index in [4.69, 9.17) is 0 Å². The van der Waals surface area contributed by atoms with Gasteiger partial charge in [0.25, 0.3) is 0 Å². The van der Waals surface area contributed by atoms with Crippen molar-refractivity contribution in [2.45, 2.75) is 18.6 Å². The second-order valence-electron chi connectivity index (χ2n) is 2.80. The Morgan fingerprint density at radius 3 is 3.10 bits per heavy atom. The fourth-order valence-corrected chi connectivity index (χ4v) is 1.54. The Morgan fingerprint density at radius 1 is 1.70 bits per heavy atom. The predicted molar refractivity (Wildman–Crippen MR) is 35.2 cm³/mol. The highest BCUT2D eigenvalue weighted by Crippen LogP contribution is 2.25. The van der Waals surface area contributed by atoms with Crippen molar-refractivity contribution >= 4 is 5.91 Å². The van der Waals surface area contributed by atoms with Crippen LogP contribution in [0.15, 0.2) is 12.2 Å². The van der Waals surface area contributed by atoms with Crippen molar-refractivity contribution in [2.24, 2.45) is 5.92 Å². The average molecular weight is 139 g/mol. The lowest BCUT2D eigenvalue weighted by atomic mass is 9.93. The number of amides is 1. The molecule has 1 aliphatic heterocycles. The maximum atomic E-state index is 11.0. The second kappa shape index (κ2) is 1.83. The van der Waals surface area contributed by atoms with Crippen LogP contribution in [0, 0.1) is 5.92 Å². The van der Waals surface area contributed by atoms with E-state index in [1.54, 1.807) is 0 Å². The molecule has 3 nitrogen and oxygen atoms in total. The maximum Gasteiger partial charge on any atom is 0.226 e. The van der Waals surface area contributed by atoms with Crippen molar-refractivity contribution in [1.82, 2.24) is 5.32 Å². The summed E-state index contributed by atoms with van der Waals surface area (Å²) in [7, 11) is 0. The number of aliphatic hydroxyl groups excluding tert-OH is 1. The largest absolute Gasteiger partial charge is 0.390 e. The number of allylic oxidation sites excluding steroid dienone is 1. The molecule has 1 aliphatic carbocycles. The van der Waals surface area contributed by atoms with Crippen LogP contribution in [0.5, 0.6) is 0 Å². The number of rotatable bonds is 0. The molecule has 1 amide bonds. The molecule has 0 aromatic heterocycles. The fraction of sp³-hybridized carbons (Fsp3) is 0.571. The van der Waals surface area contributed by atoms with Crippen LogP contribution in [-0.2, 0) is 4.79 Å². The third kappa shape index (κ3) is 0.609. The molecule has 2 rings (SSSR count). The summed E-state index contributed by atoms with van der Waals surface area (Å²) in [5.74, 6) is -0.197. The molecule has 1 saturated heterocycles. The standard InChI is InChI=1S/C7H9NO2/c9-6-4-2-1-3-5(6)8-7(4)10/h1,3-6,9H,2H2,(H,8,10)/t4-,5+,6?/m0/s1. The van der Waals surface area contributed by atoms with Gasteiger partial charge in [0.1, 0.15) is 0 Å². The third-order valence-electron chi connectivity index (χ3n) is 2.16. The Balaban J connectivity index is 2.31. The summed E-state index contributed by atoms with van der Waals surface area (Å²) in [4.78, 5) is 11.0. The van der Waals surface area contributed by atoms with Gasteiger partial charge in [-0.15, -0.1) is 0 Å². The molecular formula is C7H9NO2. The summed E-state index contributed by atoms with van der Waals surface area (Å²) < 4.78 is 0. The van der Waals surface area contributed by atoms with E-state index in [0.29, 0.717) is 6.42 Å². The minimum absolute atomic E-state index is 0.0116. The lowest BCUT2D eigenvalue weighted by Crippen LogP contribution is -2.31. The van der Waals surface area contributed by atoms with Gasteiger partial charge in [-0.05, 0) is 6.42 Å². The van der Waals surface area contributed by atoms with E-state index in [9.17, 15) is 9.90 Å². The van der Waals surface area contributed by atoms with Crippen molar-refractivity contribution in [3.63, 3.8) is 0 Å². The van der Waals surface area contributed by atoms with E-state index in [2.05, 4.69) is 5.32 Å². The van der Waals surface area contributed by atoms with Crippen LogP contribution in [-0.4, -0.2) is 23.2 Å². The molecule has 3 heteroatoms. The number of carbonyl (C=O) groups excluding carboxylic acids is 1. The molecule has 2 aliphatic rings. The van der Waals surface area contributed by atoms with Crippen LogP contribution in [0.25, 0.3) is 0 Å². The Morgan fingerprint density at radius 2 is 2.50 bits per heavy atom. The summed E-state index contributed by atoms with van der Waals surface area (Å²) in [6, 6.07) is -0.119. The molecular weight excluding hydrogens is 130 g/mol. The highest BCUT2D eigenvalue weighted by atomic mass is 16.3. The average Bonchev–Trinajstić information content (AvgIpc) is 2.16. The topological polar surface area (TPSA) is 49.3 Å². The fourth-order valence-electron chi connectivity index (χ4n) is 1.54. The smallest absolute Gasteiger partial charge is 0.226 e. The first kappa shape index (κ1) is 5.92. The number of hydrogen-bond donors (Lipinski definition) is 2.